The minimum Gasteiger partial charge on any atom is -0.480 e. The third kappa shape index (κ3) is 6.42. The fraction of sp³-hybridized carbons (Fsp3) is 0.444. The van der Waals surface area contributed by atoms with Gasteiger partial charge < -0.3 is 15.3 Å². The van der Waals surface area contributed by atoms with Crippen LogP contribution in [0.5, 0.6) is 0 Å². The lowest BCUT2D eigenvalue weighted by Gasteiger charge is -2.23. The van der Waals surface area contributed by atoms with Gasteiger partial charge in [0.05, 0.1) is 30.9 Å². The van der Waals surface area contributed by atoms with Gasteiger partial charge in [-0.25, -0.2) is 9.37 Å². The summed E-state index contributed by atoms with van der Waals surface area (Å²) < 4.78 is 27.2. The highest BCUT2D eigenvalue weighted by Gasteiger charge is 2.37. The number of nitrogens with one attached hydrogen (secondary N) is 2. The van der Waals surface area contributed by atoms with Gasteiger partial charge in [0.25, 0.3) is 5.91 Å². The minimum absolute atomic E-state index is 0. The molecule has 2 amide bonds. The lowest BCUT2D eigenvalue weighted by Crippen LogP contribution is -2.34. The number of amides is 2. The predicted octanol–water partition coefficient (Wildman–Crippen LogP) is 3.00. The fourth-order valence-corrected chi connectivity index (χ4v) is 4.93. The van der Waals surface area contributed by atoms with Crippen molar-refractivity contribution in [3.8, 4) is 0 Å². The molecular formula is C18H21ClF2N4O4S2. The van der Waals surface area contributed by atoms with Crippen LogP contribution in [0.1, 0.15) is 39.0 Å². The van der Waals surface area contributed by atoms with E-state index < -0.39 is 29.2 Å². The number of thiazole rings is 1. The average molecular weight is 495 g/mol. The molecule has 0 radical (unpaired) electrons. The van der Waals surface area contributed by atoms with Gasteiger partial charge in [0.15, 0.2) is 10.3 Å². The molecule has 1 fully saturated rings. The van der Waals surface area contributed by atoms with E-state index in [2.05, 4.69) is 15.6 Å². The lowest BCUT2D eigenvalue weighted by atomic mass is 10.1. The number of aryl methyl sites for hydroxylation is 1. The molecule has 0 spiro atoms. The highest BCUT2D eigenvalue weighted by molar-refractivity contribution is 7.14. The van der Waals surface area contributed by atoms with Crippen molar-refractivity contribution in [2.45, 2.75) is 32.0 Å². The standard InChI is InChI=1S/C18H20F2N4O4S2.ClH/c1-9-11(17(28)23-18-22-6-14(20)30-18)5-13(29-9)12-4-10(19)8-24(12)15(25)2-3-21-7-16(26)27;/h5-6,10,12,21H,2-4,7-8H2,1H3,(H,26,27)(H,22,23,28);1H/t10-,12+;/m1./s1. The zero-order chi connectivity index (χ0) is 21.8. The van der Waals surface area contributed by atoms with Crippen LogP contribution in [0.15, 0.2) is 12.3 Å². The van der Waals surface area contributed by atoms with E-state index in [0.717, 1.165) is 6.20 Å². The van der Waals surface area contributed by atoms with Crippen LogP contribution in [-0.2, 0) is 9.59 Å². The molecule has 0 aliphatic carbocycles. The van der Waals surface area contributed by atoms with Gasteiger partial charge in [-0.2, -0.15) is 4.39 Å². The number of hydrogen-bond acceptors (Lipinski definition) is 7. The van der Waals surface area contributed by atoms with Crippen molar-refractivity contribution in [3.63, 3.8) is 0 Å². The summed E-state index contributed by atoms with van der Waals surface area (Å²) >= 11 is 2.02. The molecular weight excluding hydrogens is 474 g/mol. The van der Waals surface area contributed by atoms with E-state index in [9.17, 15) is 23.2 Å². The number of halogens is 3. The van der Waals surface area contributed by atoms with Crippen LogP contribution in [0.3, 0.4) is 0 Å². The normalized spacial score (nSPS) is 18.0. The number of likely N-dealkylation sites (tertiary alicyclic amines) is 1. The first-order valence-corrected chi connectivity index (χ1v) is 10.8. The second kappa shape index (κ2) is 10.9. The number of aromatic nitrogens is 1. The van der Waals surface area contributed by atoms with Gasteiger partial charge in [0.2, 0.25) is 5.91 Å². The quantitative estimate of drug-likeness (QED) is 0.486. The van der Waals surface area contributed by atoms with Gasteiger partial charge in [0, 0.05) is 29.1 Å². The molecule has 3 N–H and O–H groups in total. The SMILES string of the molecule is Cc1sc([C@@H]2C[C@@H](F)CN2C(=O)CCNCC(=O)O)cc1C(=O)Nc1ncc(F)s1.Cl. The van der Waals surface area contributed by atoms with Crippen LogP contribution in [0.25, 0.3) is 0 Å². The molecule has 13 heteroatoms. The second-order valence-electron chi connectivity index (χ2n) is 6.76. The topological polar surface area (TPSA) is 112 Å². The Balaban J connectivity index is 0.00000341. The van der Waals surface area contributed by atoms with Crippen LogP contribution >= 0.6 is 35.1 Å². The summed E-state index contributed by atoms with van der Waals surface area (Å²) in [5.74, 6) is -1.76. The number of carboxylic acids is 1. The maximum atomic E-state index is 14.1. The summed E-state index contributed by atoms with van der Waals surface area (Å²) in [5, 5.41) is 13.4. The Labute approximate surface area is 191 Å². The van der Waals surface area contributed by atoms with Gasteiger partial charge >= 0.3 is 5.97 Å². The van der Waals surface area contributed by atoms with Crippen molar-refractivity contribution < 1.29 is 28.3 Å². The molecule has 170 valence electrons. The van der Waals surface area contributed by atoms with E-state index in [-0.39, 0.29) is 55.9 Å². The van der Waals surface area contributed by atoms with E-state index in [4.69, 9.17) is 5.11 Å². The Morgan fingerprint density at radius 1 is 1.35 bits per heavy atom. The molecule has 0 saturated carbocycles. The van der Waals surface area contributed by atoms with Crippen molar-refractivity contribution in [1.82, 2.24) is 15.2 Å². The number of rotatable bonds is 8. The van der Waals surface area contributed by atoms with Gasteiger partial charge in [-0.15, -0.1) is 23.7 Å². The van der Waals surface area contributed by atoms with E-state index >= 15 is 0 Å². The fourth-order valence-electron chi connectivity index (χ4n) is 3.24. The number of carboxylic acid groups (broad SMARTS) is 1. The van der Waals surface area contributed by atoms with E-state index in [1.54, 1.807) is 13.0 Å². The molecule has 1 aliphatic rings. The highest BCUT2D eigenvalue weighted by Crippen LogP contribution is 2.39. The molecule has 8 nitrogen and oxygen atoms in total. The van der Waals surface area contributed by atoms with Crippen LogP contribution in [0.2, 0.25) is 0 Å². The number of nitrogens with zero attached hydrogens (tertiary/aromatic N) is 2. The molecule has 1 saturated heterocycles. The van der Waals surface area contributed by atoms with Crippen LogP contribution in [0.4, 0.5) is 13.9 Å². The number of thiophene rings is 1. The zero-order valence-electron chi connectivity index (χ0n) is 16.4. The first-order chi connectivity index (χ1) is 14.2. The maximum absolute atomic E-state index is 14.1. The van der Waals surface area contributed by atoms with Crippen LogP contribution in [-0.4, -0.2) is 58.6 Å². The van der Waals surface area contributed by atoms with Crippen molar-refractivity contribution >= 4 is 58.0 Å². The molecule has 0 aromatic carbocycles. The van der Waals surface area contributed by atoms with E-state index in [0.29, 0.717) is 26.7 Å². The monoisotopic (exact) mass is 494 g/mol. The Bertz CT molecular complexity index is 955. The van der Waals surface area contributed by atoms with Crippen LogP contribution in [0, 0.1) is 12.1 Å². The highest BCUT2D eigenvalue weighted by atomic mass is 35.5. The van der Waals surface area contributed by atoms with Crippen molar-refractivity contribution in [1.29, 1.82) is 0 Å². The zero-order valence-corrected chi connectivity index (χ0v) is 18.8. The summed E-state index contributed by atoms with van der Waals surface area (Å²) in [5.41, 5.74) is 0.364. The van der Waals surface area contributed by atoms with Crippen molar-refractivity contribution in [2.75, 3.05) is 25.0 Å². The first kappa shape index (κ1) is 25.1. The van der Waals surface area contributed by atoms with Gasteiger partial charge in [-0.3, -0.25) is 19.7 Å². The minimum atomic E-state index is -1.18. The second-order valence-corrected chi connectivity index (χ2v) is 9.03. The van der Waals surface area contributed by atoms with Gasteiger partial charge in [0.1, 0.15) is 6.17 Å². The summed E-state index contributed by atoms with van der Waals surface area (Å²) in [6, 6.07) is 1.14. The number of alkyl halides is 1. The summed E-state index contributed by atoms with van der Waals surface area (Å²) in [6.45, 7) is 1.62. The Kier molecular flexibility index (Phi) is 8.86. The molecule has 0 unspecified atom stereocenters. The molecule has 3 rings (SSSR count). The van der Waals surface area contributed by atoms with Crippen molar-refractivity contribution in [3.05, 3.63) is 32.7 Å². The number of aliphatic carboxylic acids is 1. The number of carbonyl (C=O) groups is 3. The number of anilines is 1. The summed E-state index contributed by atoms with van der Waals surface area (Å²) in [6.07, 6.45) is 0.0152. The first-order valence-electron chi connectivity index (χ1n) is 9.13. The molecule has 0 bridgehead atoms. The van der Waals surface area contributed by atoms with E-state index in [1.807, 2.05) is 0 Å². The number of carbonyl (C=O) groups excluding carboxylic acids is 2. The van der Waals surface area contributed by atoms with Gasteiger partial charge in [-0.05, 0) is 13.0 Å². The third-order valence-electron chi connectivity index (χ3n) is 4.57. The maximum Gasteiger partial charge on any atom is 0.317 e. The molecule has 2 atom stereocenters. The lowest BCUT2D eigenvalue weighted by molar-refractivity contribution is -0.136. The molecule has 3 heterocycles. The Morgan fingerprint density at radius 3 is 2.74 bits per heavy atom. The van der Waals surface area contributed by atoms with Crippen molar-refractivity contribution in [2.24, 2.45) is 0 Å². The largest absolute Gasteiger partial charge is 0.480 e. The summed E-state index contributed by atoms with van der Waals surface area (Å²) in [4.78, 5) is 42.2. The Morgan fingerprint density at radius 2 is 2.10 bits per heavy atom. The smallest absolute Gasteiger partial charge is 0.317 e. The molecule has 31 heavy (non-hydrogen) atoms. The number of hydrogen-bond donors (Lipinski definition) is 3. The third-order valence-corrected chi connectivity index (χ3v) is 6.42. The van der Waals surface area contributed by atoms with E-state index in [1.165, 1.54) is 16.2 Å². The molecule has 1 aliphatic heterocycles. The summed E-state index contributed by atoms with van der Waals surface area (Å²) in [7, 11) is 0. The predicted molar refractivity (Wildman–Crippen MR) is 115 cm³/mol. The molecule has 2 aromatic heterocycles. The molecule has 2 aromatic rings. The van der Waals surface area contributed by atoms with Crippen LogP contribution < -0.4 is 10.6 Å². The average Bonchev–Trinajstić information content (AvgIpc) is 3.37. The Hall–Kier alpha value is -2.15. The van der Waals surface area contributed by atoms with Gasteiger partial charge in [-0.1, -0.05) is 11.3 Å².